The van der Waals surface area contributed by atoms with Crippen molar-refractivity contribution in [3.8, 4) is 5.75 Å². The van der Waals surface area contributed by atoms with E-state index in [4.69, 9.17) is 4.74 Å². The van der Waals surface area contributed by atoms with E-state index in [1.54, 1.807) is 4.90 Å². The van der Waals surface area contributed by atoms with Gasteiger partial charge in [-0.25, -0.2) is 4.79 Å². The number of carboxylic acid groups (broad SMARTS) is 1. The van der Waals surface area contributed by atoms with Crippen molar-refractivity contribution in [3.63, 3.8) is 0 Å². The molecule has 3 heterocycles. The number of halogens is 9. The molecule has 0 aromatic heterocycles. The van der Waals surface area contributed by atoms with E-state index in [0.717, 1.165) is 6.07 Å². The van der Waals surface area contributed by atoms with E-state index in [0.29, 0.717) is 12.8 Å². The average Bonchev–Trinajstić information content (AvgIpc) is 3.08. The zero-order valence-corrected chi connectivity index (χ0v) is 19.6. The van der Waals surface area contributed by atoms with Crippen LogP contribution in [0.5, 0.6) is 5.75 Å². The van der Waals surface area contributed by atoms with Gasteiger partial charge in [-0.1, -0.05) is 12.1 Å². The van der Waals surface area contributed by atoms with Gasteiger partial charge in [0.1, 0.15) is 0 Å². The fraction of sp³-hybridized carbons (Fsp3) is 0.682. The van der Waals surface area contributed by atoms with Crippen molar-refractivity contribution in [1.82, 2.24) is 9.80 Å². The first-order chi connectivity index (χ1) is 17.5. The van der Waals surface area contributed by atoms with Gasteiger partial charge in [0.05, 0.1) is 23.9 Å². The summed E-state index contributed by atoms with van der Waals surface area (Å²) in [6.45, 7) is -1.71. The smallest absolute Gasteiger partial charge is 0.465 e. The molecule has 1 N–H and O–H groups in total. The van der Waals surface area contributed by atoms with Crippen molar-refractivity contribution >= 4 is 11.8 Å². The van der Waals surface area contributed by atoms with Gasteiger partial charge in [-0.2, -0.15) is 26.3 Å². The Morgan fingerprint density at radius 3 is 2.11 bits per heavy atom. The summed E-state index contributed by atoms with van der Waals surface area (Å²) in [5.74, 6) is -4.50. The largest absolute Gasteiger partial charge is 0.573 e. The molecule has 3 saturated heterocycles. The van der Waals surface area contributed by atoms with Gasteiger partial charge in [0, 0.05) is 39.3 Å². The first-order valence-electron chi connectivity index (χ1n) is 11.7. The number of fused-ring (bicyclic) bond motifs is 2. The van der Waals surface area contributed by atoms with Crippen LogP contribution in [0.1, 0.15) is 18.4 Å². The van der Waals surface area contributed by atoms with E-state index in [2.05, 4.69) is 4.74 Å². The topological polar surface area (TPSA) is 65.5 Å². The van der Waals surface area contributed by atoms with E-state index in [1.165, 1.54) is 17.0 Å². The van der Waals surface area contributed by atoms with Crippen LogP contribution in [-0.4, -0.2) is 90.7 Å². The first kappa shape index (κ1) is 28.4. The third-order valence-corrected chi connectivity index (χ3v) is 6.90. The molecule has 3 fully saturated rings. The van der Waals surface area contributed by atoms with Gasteiger partial charge < -0.3 is 24.4 Å². The maximum Gasteiger partial charge on any atom is 0.573 e. The Labute approximate surface area is 210 Å². The molecule has 2 bridgehead atoms. The van der Waals surface area contributed by atoms with Crippen LogP contribution in [0.2, 0.25) is 0 Å². The highest BCUT2D eigenvalue weighted by Gasteiger charge is 2.62. The number of alkyl halides is 9. The molecule has 3 aliphatic heterocycles. The maximum absolute atomic E-state index is 13.5. The van der Waals surface area contributed by atoms with Crippen LogP contribution in [0.3, 0.4) is 0 Å². The van der Waals surface area contributed by atoms with Gasteiger partial charge in [-0.15, -0.1) is 13.2 Å². The number of ether oxygens (including phenoxy) is 2. The molecule has 4 rings (SSSR count). The standard InChI is InChI=1S/C22H24F9N3O4/c23-20(24,25)18(21(26,27)28)15-11-32(6-7-34(15)19(35)36)8-12-2-1-3-16(38-22(29,30)31)17(12)33-9-13-4-5-14(10-33)37-13/h1-3,13-15,18H,4-11H2,(H,35,36). The summed E-state index contributed by atoms with van der Waals surface area (Å²) in [6.07, 6.45) is -17.7. The van der Waals surface area contributed by atoms with Gasteiger partial charge in [0.2, 0.25) is 0 Å². The Kier molecular flexibility index (Phi) is 7.60. The van der Waals surface area contributed by atoms with Crippen molar-refractivity contribution < 1.29 is 58.9 Å². The van der Waals surface area contributed by atoms with Gasteiger partial charge in [-0.3, -0.25) is 4.90 Å². The lowest BCUT2D eigenvalue weighted by Crippen LogP contribution is -2.62. The molecule has 0 spiro atoms. The Morgan fingerprint density at radius 2 is 1.58 bits per heavy atom. The van der Waals surface area contributed by atoms with Crippen LogP contribution in [0.15, 0.2) is 18.2 Å². The van der Waals surface area contributed by atoms with Crippen molar-refractivity contribution in [2.24, 2.45) is 5.92 Å². The quantitative estimate of drug-likeness (QED) is 0.515. The summed E-state index contributed by atoms with van der Waals surface area (Å²) >= 11 is 0. The molecule has 16 heteroatoms. The zero-order chi connectivity index (χ0) is 28.0. The number of amides is 1. The number of benzene rings is 1. The molecular weight excluding hydrogens is 541 g/mol. The summed E-state index contributed by atoms with van der Waals surface area (Å²) in [4.78, 5) is 14.4. The minimum atomic E-state index is -5.78. The number of carbonyl (C=O) groups is 1. The number of hydrogen-bond acceptors (Lipinski definition) is 5. The fourth-order valence-corrected chi connectivity index (χ4v) is 5.46. The number of hydrogen-bond donors (Lipinski definition) is 1. The number of piperazine rings is 1. The zero-order valence-electron chi connectivity index (χ0n) is 19.6. The third kappa shape index (κ3) is 6.33. The van der Waals surface area contributed by atoms with Crippen LogP contribution in [0.4, 0.5) is 50.0 Å². The SMILES string of the molecule is O=C(O)N1CCN(Cc2cccc(OC(F)(F)F)c2N2CC3CCC(C2)O3)CC1C(C(F)(F)F)C(F)(F)F. The lowest BCUT2D eigenvalue weighted by molar-refractivity contribution is -0.300. The number of anilines is 1. The molecule has 3 aliphatic rings. The van der Waals surface area contributed by atoms with Gasteiger partial charge in [0.25, 0.3) is 0 Å². The summed E-state index contributed by atoms with van der Waals surface area (Å²) in [5, 5.41) is 9.31. The number of morpholine rings is 1. The Hall–Kier alpha value is -2.62. The van der Waals surface area contributed by atoms with E-state index in [-0.39, 0.29) is 54.5 Å². The van der Waals surface area contributed by atoms with Crippen molar-refractivity contribution in [1.29, 1.82) is 0 Å². The Bertz CT molecular complexity index is 991. The molecule has 1 aromatic carbocycles. The van der Waals surface area contributed by atoms with Crippen LogP contribution >= 0.6 is 0 Å². The monoisotopic (exact) mass is 565 g/mol. The van der Waals surface area contributed by atoms with Gasteiger partial charge in [-0.05, 0) is 24.5 Å². The average molecular weight is 565 g/mol. The second kappa shape index (κ2) is 10.2. The second-order valence-corrected chi connectivity index (χ2v) is 9.51. The van der Waals surface area contributed by atoms with Gasteiger partial charge in [0.15, 0.2) is 11.7 Å². The lowest BCUT2D eigenvalue weighted by atomic mass is 9.94. The summed E-state index contributed by atoms with van der Waals surface area (Å²) in [5.41, 5.74) is 0.205. The fourth-order valence-electron chi connectivity index (χ4n) is 5.46. The molecule has 0 radical (unpaired) electrons. The van der Waals surface area contributed by atoms with Crippen LogP contribution in [0, 0.1) is 5.92 Å². The Balaban J connectivity index is 1.66. The highest BCUT2D eigenvalue weighted by atomic mass is 19.4. The van der Waals surface area contributed by atoms with Crippen molar-refractivity contribution in [2.75, 3.05) is 37.6 Å². The molecule has 3 atom stereocenters. The predicted molar refractivity (Wildman–Crippen MR) is 113 cm³/mol. The number of nitrogens with zero attached hydrogens (tertiary/aromatic N) is 3. The van der Waals surface area contributed by atoms with Crippen molar-refractivity contribution in [2.45, 2.75) is 56.4 Å². The molecule has 38 heavy (non-hydrogen) atoms. The van der Waals surface area contributed by atoms with Crippen molar-refractivity contribution in [3.05, 3.63) is 23.8 Å². The minimum absolute atomic E-state index is 0.0189. The normalized spacial score (nSPS) is 25.3. The van der Waals surface area contributed by atoms with Crippen LogP contribution < -0.4 is 9.64 Å². The molecule has 1 amide bonds. The summed E-state index contributed by atoms with van der Waals surface area (Å²) in [6, 6.07) is 1.24. The summed E-state index contributed by atoms with van der Waals surface area (Å²) in [7, 11) is 0. The number of rotatable bonds is 5. The predicted octanol–water partition coefficient (Wildman–Crippen LogP) is 4.86. The maximum atomic E-state index is 13.5. The third-order valence-electron chi connectivity index (χ3n) is 6.90. The molecular formula is C22H24F9N3O4. The number of para-hydroxylation sites is 1. The summed E-state index contributed by atoms with van der Waals surface area (Å²) < 4.78 is 130. The minimum Gasteiger partial charge on any atom is -0.465 e. The molecule has 0 saturated carbocycles. The van der Waals surface area contributed by atoms with E-state index < -0.39 is 55.6 Å². The molecule has 0 aliphatic carbocycles. The molecule has 3 unspecified atom stereocenters. The molecule has 214 valence electrons. The lowest BCUT2D eigenvalue weighted by Gasteiger charge is -2.44. The van der Waals surface area contributed by atoms with Crippen LogP contribution in [-0.2, 0) is 11.3 Å². The second-order valence-electron chi connectivity index (χ2n) is 9.51. The highest BCUT2D eigenvalue weighted by molar-refractivity contribution is 5.66. The first-order valence-corrected chi connectivity index (χ1v) is 11.7. The van der Waals surface area contributed by atoms with Gasteiger partial charge >= 0.3 is 24.8 Å². The Morgan fingerprint density at radius 1 is 0.974 bits per heavy atom. The van der Waals surface area contributed by atoms with E-state index in [9.17, 15) is 49.4 Å². The van der Waals surface area contributed by atoms with E-state index >= 15 is 0 Å². The highest BCUT2D eigenvalue weighted by Crippen LogP contribution is 2.45. The molecule has 1 aromatic rings. The molecule has 7 nitrogen and oxygen atoms in total. The van der Waals surface area contributed by atoms with E-state index in [1.807, 2.05) is 0 Å². The van der Waals surface area contributed by atoms with Crippen LogP contribution in [0.25, 0.3) is 0 Å².